The number of carbonyl (C=O) groups excluding carboxylic acids is 2. The van der Waals surface area contributed by atoms with Crippen LogP contribution in [0.5, 0.6) is 0 Å². The summed E-state index contributed by atoms with van der Waals surface area (Å²) in [6, 6.07) is 7.18. The number of anilines is 2. The summed E-state index contributed by atoms with van der Waals surface area (Å²) in [6.07, 6.45) is 0.808. The van der Waals surface area contributed by atoms with E-state index in [-0.39, 0.29) is 17.9 Å². The van der Waals surface area contributed by atoms with Gasteiger partial charge in [0.15, 0.2) is 0 Å². The fourth-order valence-corrected chi connectivity index (χ4v) is 2.07. The van der Waals surface area contributed by atoms with Crippen molar-refractivity contribution in [2.45, 2.75) is 33.4 Å². The first-order valence-corrected chi connectivity index (χ1v) is 7.85. The lowest BCUT2D eigenvalue weighted by molar-refractivity contribution is -0.114. The molecule has 0 aliphatic heterocycles. The predicted octanol–water partition coefficient (Wildman–Crippen LogP) is 1.97. The minimum atomic E-state index is -0.242. The molecular weight excluding hydrogens is 322 g/mol. The van der Waals surface area contributed by atoms with Crippen molar-refractivity contribution in [2.75, 3.05) is 17.2 Å². The van der Waals surface area contributed by atoms with Crippen LogP contribution in [0.4, 0.5) is 11.9 Å². The second-order valence-electron chi connectivity index (χ2n) is 5.63. The van der Waals surface area contributed by atoms with Crippen LogP contribution < -0.4 is 10.6 Å². The maximum absolute atomic E-state index is 11.1. The van der Waals surface area contributed by atoms with Crippen molar-refractivity contribution < 1.29 is 14.3 Å². The zero-order valence-electron chi connectivity index (χ0n) is 14.4. The molecule has 132 valence electrons. The number of hydrogen-bond donors (Lipinski definition) is 2. The normalized spacial score (nSPS) is 11.6. The molecule has 1 aromatic heterocycles. The summed E-state index contributed by atoms with van der Waals surface area (Å²) < 4.78 is 5.66. The van der Waals surface area contributed by atoms with Crippen molar-refractivity contribution in [3.8, 4) is 0 Å². The van der Waals surface area contributed by atoms with Gasteiger partial charge in [-0.15, -0.1) is 0 Å². The van der Waals surface area contributed by atoms with Gasteiger partial charge in [0.2, 0.25) is 17.8 Å². The van der Waals surface area contributed by atoms with E-state index in [4.69, 9.17) is 4.74 Å². The third-order valence-electron chi connectivity index (χ3n) is 3.16. The number of aryl methyl sites for hydroxylation is 1. The Morgan fingerprint density at radius 1 is 1.20 bits per heavy atom. The Kier molecular flexibility index (Phi) is 6.53. The Morgan fingerprint density at radius 2 is 1.88 bits per heavy atom. The van der Waals surface area contributed by atoms with E-state index in [1.165, 1.54) is 6.92 Å². The van der Waals surface area contributed by atoms with Crippen molar-refractivity contribution in [1.82, 2.24) is 15.0 Å². The number of aldehydes is 1. The molecule has 2 aromatic rings. The summed E-state index contributed by atoms with van der Waals surface area (Å²) in [6.45, 7) is 5.94. The first-order valence-electron chi connectivity index (χ1n) is 7.85. The molecule has 0 bridgehead atoms. The molecule has 8 heteroatoms. The van der Waals surface area contributed by atoms with Crippen LogP contribution in [0.15, 0.2) is 24.3 Å². The highest BCUT2D eigenvalue weighted by atomic mass is 16.5. The summed E-state index contributed by atoms with van der Waals surface area (Å²) in [5.74, 6) is 0.853. The number of rotatable bonds is 8. The van der Waals surface area contributed by atoms with E-state index in [2.05, 4.69) is 25.6 Å². The van der Waals surface area contributed by atoms with Gasteiger partial charge in [0.05, 0.1) is 13.2 Å². The molecule has 0 saturated heterocycles. The molecule has 1 unspecified atom stereocenters. The first-order chi connectivity index (χ1) is 12.0. The van der Waals surface area contributed by atoms with Crippen LogP contribution in [0.25, 0.3) is 0 Å². The first kappa shape index (κ1) is 18.5. The van der Waals surface area contributed by atoms with Gasteiger partial charge < -0.3 is 10.1 Å². The number of aromatic nitrogens is 3. The molecule has 2 N–H and O–H groups in total. The number of nitrogens with zero attached hydrogens (tertiary/aromatic N) is 3. The fourth-order valence-electron chi connectivity index (χ4n) is 2.07. The summed E-state index contributed by atoms with van der Waals surface area (Å²) in [4.78, 5) is 34.1. The SMILES string of the molecule is CC(=O)Nc1nc(C)nc(NC(C)COCc2ccc(C=O)cc2)n1. The molecule has 0 aliphatic carbocycles. The number of carbonyl (C=O) groups is 2. The van der Waals surface area contributed by atoms with Gasteiger partial charge in [-0.2, -0.15) is 15.0 Å². The van der Waals surface area contributed by atoms with Crippen LogP contribution in [-0.4, -0.2) is 39.8 Å². The zero-order valence-corrected chi connectivity index (χ0v) is 14.4. The number of ether oxygens (including phenoxy) is 1. The Labute approximate surface area is 146 Å². The highest BCUT2D eigenvalue weighted by Crippen LogP contribution is 2.08. The van der Waals surface area contributed by atoms with E-state index in [1.54, 1.807) is 19.1 Å². The van der Waals surface area contributed by atoms with Crippen LogP contribution in [0.1, 0.15) is 35.6 Å². The topological polar surface area (TPSA) is 106 Å². The van der Waals surface area contributed by atoms with Crippen LogP contribution in [0, 0.1) is 6.92 Å². The quantitative estimate of drug-likeness (QED) is 0.706. The highest BCUT2D eigenvalue weighted by molar-refractivity contribution is 5.86. The monoisotopic (exact) mass is 343 g/mol. The second kappa shape index (κ2) is 8.84. The van der Waals surface area contributed by atoms with Gasteiger partial charge in [-0.1, -0.05) is 24.3 Å². The Hall–Kier alpha value is -2.87. The summed E-state index contributed by atoms with van der Waals surface area (Å²) in [5, 5.41) is 5.65. The van der Waals surface area contributed by atoms with Crippen LogP contribution in [0.2, 0.25) is 0 Å². The van der Waals surface area contributed by atoms with Gasteiger partial charge in [0, 0.05) is 18.5 Å². The molecule has 8 nitrogen and oxygen atoms in total. The van der Waals surface area contributed by atoms with Crippen molar-refractivity contribution in [2.24, 2.45) is 0 Å². The lowest BCUT2D eigenvalue weighted by atomic mass is 10.2. The number of nitrogens with one attached hydrogen (secondary N) is 2. The Bertz CT molecular complexity index is 734. The zero-order chi connectivity index (χ0) is 18.2. The molecule has 1 amide bonds. The van der Waals surface area contributed by atoms with E-state index < -0.39 is 0 Å². The third-order valence-corrected chi connectivity index (χ3v) is 3.16. The van der Waals surface area contributed by atoms with Gasteiger partial charge in [-0.25, -0.2) is 0 Å². The van der Waals surface area contributed by atoms with Crippen LogP contribution >= 0.6 is 0 Å². The molecule has 0 fully saturated rings. The number of amides is 1. The molecule has 1 atom stereocenters. The van der Waals surface area contributed by atoms with E-state index in [1.807, 2.05) is 19.1 Å². The maximum atomic E-state index is 11.1. The molecule has 0 saturated carbocycles. The lowest BCUT2D eigenvalue weighted by Crippen LogP contribution is -2.24. The van der Waals surface area contributed by atoms with Gasteiger partial charge >= 0.3 is 0 Å². The molecule has 25 heavy (non-hydrogen) atoms. The summed E-state index contributed by atoms with van der Waals surface area (Å²) >= 11 is 0. The van der Waals surface area contributed by atoms with Gasteiger partial charge in [0.25, 0.3) is 0 Å². The number of hydrogen-bond acceptors (Lipinski definition) is 7. The van der Waals surface area contributed by atoms with E-state index >= 15 is 0 Å². The van der Waals surface area contributed by atoms with Crippen molar-refractivity contribution >= 4 is 24.1 Å². The van der Waals surface area contributed by atoms with Gasteiger partial charge in [-0.3, -0.25) is 14.9 Å². The van der Waals surface area contributed by atoms with E-state index in [0.717, 1.165) is 11.8 Å². The lowest BCUT2D eigenvalue weighted by Gasteiger charge is -2.15. The van der Waals surface area contributed by atoms with Crippen LogP contribution in [-0.2, 0) is 16.1 Å². The van der Waals surface area contributed by atoms with E-state index in [0.29, 0.717) is 30.5 Å². The molecule has 2 rings (SSSR count). The Balaban J connectivity index is 1.84. The van der Waals surface area contributed by atoms with Crippen LogP contribution in [0.3, 0.4) is 0 Å². The second-order valence-corrected chi connectivity index (χ2v) is 5.63. The minimum Gasteiger partial charge on any atom is -0.375 e. The summed E-state index contributed by atoms with van der Waals surface area (Å²) in [5.41, 5.74) is 1.63. The van der Waals surface area contributed by atoms with Crippen molar-refractivity contribution in [3.05, 3.63) is 41.2 Å². The maximum Gasteiger partial charge on any atom is 0.234 e. The standard InChI is InChI=1S/C17H21N5O3/c1-11(9-25-10-15-6-4-14(8-23)5-7-15)18-16-19-12(2)20-17(22-16)21-13(3)24/h4-8,11H,9-10H2,1-3H3,(H2,18,19,20,21,22,24). The van der Waals surface area contributed by atoms with E-state index in [9.17, 15) is 9.59 Å². The largest absolute Gasteiger partial charge is 0.375 e. The summed E-state index contributed by atoms with van der Waals surface area (Å²) in [7, 11) is 0. The highest BCUT2D eigenvalue weighted by Gasteiger charge is 2.09. The smallest absolute Gasteiger partial charge is 0.234 e. The van der Waals surface area contributed by atoms with Gasteiger partial charge in [0.1, 0.15) is 12.1 Å². The average molecular weight is 343 g/mol. The molecular formula is C17H21N5O3. The average Bonchev–Trinajstić information content (AvgIpc) is 2.54. The molecule has 1 aromatic carbocycles. The number of benzene rings is 1. The fraction of sp³-hybridized carbons (Fsp3) is 0.353. The molecule has 0 aliphatic rings. The molecule has 1 heterocycles. The third kappa shape index (κ3) is 6.27. The molecule has 0 radical (unpaired) electrons. The predicted molar refractivity (Wildman–Crippen MR) is 93.4 cm³/mol. The van der Waals surface area contributed by atoms with Gasteiger partial charge in [-0.05, 0) is 19.4 Å². The van der Waals surface area contributed by atoms with Crippen molar-refractivity contribution in [1.29, 1.82) is 0 Å². The Morgan fingerprint density at radius 3 is 2.52 bits per heavy atom. The van der Waals surface area contributed by atoms with Crippen molar-refractivity contribution in [3.63, 3.8) is 0 Å². The minimum absolute atomic E-state index is 0.0405. The molecule has 0 spiro atoms.